The maximum Gasteiger partial charge on any atom is 0.129 e. The van der Waals surface area contributed by atoms with Crippen LogP contribution in [0.4, 0.5) is 0 Å². The molecule has 0 atom stereocenters. The lowest BCUT2D eigenvalue weighted by molar-refractivity contribution is -0.117. The third-order valence-corrected chi connectivity index (χ3v) is 2.68. The number of benzene rings is 2. The first-order chi connectivity index (χ1) is 8.27. The van der Waals surface area contributed by atoms with Crippen LogP contribution in [-0.4, -0.2) is 12.4 Å². The van der Waals surface area contributed by atoms with Gasteiger partial charge in [-0.25, -0.2) is 0 Å². The average Bonchev–Trinajstić information content (AvgIpc) is 2.34. The van der Waals surface area contributed by atoms with Crippen molar-refractivity contribution in [2.75, 3.05) is 6.61 Å². The fourth-order valence-electron chi connectivity index (χ4n) is 1.82. The first kappa shape index (κ1) is 11.6. The van der Waals surface area contributed by atoms with Gasteiger partial charge in [-0.2, -0.15) is 0 Å². The summed E-state index contributed by atoms with van der Waals surface area (Å²) in [7, 11) is 0. The van der Waals surface area contributed by atoms with Crippen LogP contribution in [0, 0.1) is 0 Å². The van der Waals surface area contributed by atoms with Crippen molar-refractivity contribution in [3.63, 3.8) is 0 Å². The molecule has 0 bridgehead atoms. The van der Waals surface area contributed by atoms with Gasteiger partial charge in [0.1, 0.15) is 11.5 Å². The molecule has 0 radical (unpaired) electrons. The molecule has 2 aromatic carbocycles. The number of hydrogen-bond donors (Lipinski definition) is 0. The number of ketones is 1. The molecule has 0 amide bonds. The number of rotatable bonds is 5. The second-order valence-corrected chi connectivity index (χ2v) is 4.13. The molecule has 0 aliphatic heterocycles. The van der Waals surface area contributed by atoms with Crippen LogP contribution in [0.3, 0.4) is 0 Å². The van der Waals surface area contributed by atoms with Crippen LogP contribution < -0.4 is 4.74 Å². The number of carbonyl (C=O) groups excluding carboxylic acids is 1. The van der Waals surface area contributed by atoms with E-state index >= 15 is 0 Å². The lowest BCUT2D eigenvalue weighted by Crippen LogP contribution is -2.00. The van der Waals surface area contributed by atoms with Crippen molar-refractivity contribution in [2.45, 2.75) is 19.8 Å². The zero-order valence-corrected chi connectivity index (χ0v) is 9.98. The molecule has 0 N–H and O–H groups in total. The Labute approximate surface area is 101 Å². The molecule has 0 spiro atoms. The topological polar surface area (TPSA) is 26.3 Å². The Morgan fingerprint density at radius 1 is 1.12 bits per heavy atom. The lowest BCUT2D eigenvalue weighted by atomic mass is 10.1. The quantitative estimate of drug-likeness (QED) is 0.731. The first-order valence-corrected chi connectivity index (χ1v) is 5.87. The minimum absolute atomic E-state index is 0.214. The SMILES string of the molecule is CC(=O)CCCOc1cccc2ccccc12. The Morgan fingerprint density at radius 2 is 1.88 bits per heavy atom. The molecule has 2 aromatic rings. The summed E-state index contributed by atoms with van der Waals surface area (Å²) in [5.74, 6) is 1.11. The van der Waals surface area contributed by atoms with Crippen LogP contribution in [0.5, 0.6) is 5.75 Å². The van der Waals surface area contributed by atoms with Gasteiger partial charge in [-0.05, 0) is 24.8 Å². The highest BCUT2D eigenvalue weighted by atomic mass is 16.5. The van der Waals surface area contributed by atoms with Gasteiger partial charge in [0.15, 0.2) is 0 Å². The van der Waals surface area contributed by atoms with Crippen LogP contribution in [0.25, 0.3) is 10.8 Å². The lowest BCUT2D eigenvalue weighted by Gasteiger charge is -2.08. The van der Waals surface area contributed by atoms with Gasteiger partial charge in [-0.15, -0.1) is 0 Å². The molecule has 0 unspecified atom stereocenters. The van der Waals surface area contributed by atoms with E-state index in [-0.39, 0.29) is 5.78 Å². The summed E-state index contributed by atoms with van der Waals surface area (Å²) in [5.41, 5.74) is 0. The predicted molar refractivity (Wildman–Crippen MR) is 69.4 cm³/mol. The Bertz CT molecular complexity index is 512. The van der Waals surface area contributed by atoms with Crippen molar-refractivity contribution in [2.24, 2.45) is 0 Å². The van der Waals surface area contributed by atoms with Gasteiger partial charge in [-0.3, -0.25) is 0 Å². The molecule has 88 valence electrons. The van der Waals surface area contributed by atoms with Crippen molar-refractivity contribution < 1.29 is 9.53 Å². The van der Waals surface area contributed by atoms with E-state index in [1.165, 1.54) is 5.39 Å². The van der Waals surface area contributed by atoms with Crippen LogP contribution >= 0.6 is 0 Å². The largest absolute Gasteiger partial charge is 0.493 e. The number of ether oxygens (including phenoxy) is 1. The van der Waals surface area contributed by atoms with Gasteiger partial charge in [0.25, 0.3) is 0 Å². The molecule has 0 saturated heterocycles. The van der Waals surface area contributed by atoms with E-state index in [0.29, 0.717) is 13.0 Å². The van der Waals surface area contributed by atoms with Crippen molar-refractivity contribution in [3.05, 3.63) is 42.5 Å². The van der Waals surface area contributed by atoms with E-state index < -0.39 is 0 Å². The van der Waals surface area contributed by atoms with Crippen molar-refractivity contribution in [3.8, 4) is 5.75 Å². The molecule has 0 fully saturated rings. The van der Waals surface area contributed by atoms with Gasteiger partial charge in [0.05, 0.1) is 6.61 Å². The minimum Gasteiger partial charge on any atom is -0.493 e. The summed E-state index contributed by atoms with van der Waals surface area (Å²) in [6, 6.07) is 14.2. The van der Waals surface area contributed by atoms with Crippen LogP contribution in [0.15, 0.2) is 42.5 Å². The van der Waals surface area contributed by atoms with E-state index in [4.69, 9.17) is 4.74 Å². The monoisotopic (exact) mass is 228 g/mol. The molecule has 0 aliphatic rings. The molecule has 0 heterocycles. The van der Waals surface area contributed by atoms with Gasteiger partial charge in [0, 0.05) is 11.8 Å². The maximum absolute atomic E-state index is 10.8. The van der Waals surface area contributed by atoms with E-state index in [2.05, 4.69) is 18.2 Å². The standard InChI is InChI=1S/C15H16O2/c1-12(16)6-5-11-17-15-10-4-8-13-7-2-3-9-14(13)15/h2-4,7-10H,5-6,11H2,1H3. The van der Waals surface area contributed by atoms with Crippen LogP contribution in [-0.2, 0) is 4.79 Å². The number of Topliss-reactive ketones (excluding diaryl/α,β-unsaturated/α-hetero) is 1. The highest BCUT2D eigenvalue weighted by molar-refractivity contribution is 5.88. The Kier molecular flexibility index (Phi) is 3.76. The van der Waals surface area contributed by atoms with E-state index in [1.54, 1.807) is 6.92 Å². The minimum atomic E-state index is 0.214. The third kappa shape index (κ3) is 3.06. The van der Waals surface area contributed by atoms with Crippen molar-refractivity contribution in [1.82, 2.24) is 0 Å². The number of carbonyl (C=O) groups is 1. The predicted octanol–water partition coefficient (Wildman–Crippen LogP) is 3.59. The van der Waals surface area contributed by atoms with Gasteiger partial charge < -0.3 is 9.53 Å². The Morgan fingerprint density at radius 3 is 2.71 bits per heavy atom. The molecular weight excluding hydrogens is 212 g/mol. The van der Waals surface area contributed by atoms with E-state index in [0.717, 1.165) is 17.6 Å². The van der Waals surface area contributed by atoms with Gasteiger partial charge >= 0.3 is 0 Å². The van der Waals surface area contributed by atoms with Crippen LogP contribution in [0.1, 0.15) is 19.8 Å². The zero-order valence-electron chi connectivity index (χ0n) is 9.98. The summed E-state index contributed by atoms with van der Waals surface area (Å²) in [6.07, 6.45) is 1.36. The number of fused-ring (bicyclic) bond motifs is 1. The van der Waals surface area contributed by atoms with E-state index in [1.807, 2.05) is 24.3 Å². The first-order valence-electron chi connectivity index (χ1n) is 5.87. The Balaban J connectivity index is 2.05. The van der Waals surface area contributed by atoms with Crippen molar-refractivity contribution in [1.29, 1.82) is 0 Å². The highest BCUT2D eigenvalue weighted by Crippen LogP contribution is 2.25. The number of hydrogen-bond acceptors (Lipinski definition) is 2. The molecule has 0 saturated carbocycles. The molecule has 0 aromatic heterocycles. The fraction of sp³-hybridized carbons (Fsp3) is 0.267. The Hall–Kier alpha value is -1.83. The smallest absolute Gasteiger partial charge is 0.129 e. The zero-order chi connectivity index (χ0) is 12.1. The maximum atomic E-state index is 10.8. The normalized spacial score (nSPS) is 10.4. The van der Waals surface area contributed by atoms with Gasteiger partial charge in [-0.1, -0.05) is 36.4 Å². The fourth-order valence-corrected chi connectivity index (χ4v) is 1.82. The molecular formula is C15H16O2. The molecule has 2 heteroatoms. The summed E-state index contributed by atoms with van der Waals surface area (Å²) >= 11 is 0. The summed E-state index contributed by atoms with van der Waals surface area (Å²) < 4.78 is 5.72. The second-order valence-electron chi connectivity index (χ2n) is 4.13. The molecule has 17 heavy (non-hydrogen) atoms. The van der Waals surface area contributed by atoms with Crippen molar-refractivity contribution >= 4 is 16.6 Å². The second kappa shape index (κ2) is 5.48. The van der Waals surface area contributed by atoms with Gasteiger partial charge in [0.2, 0.25) is 0 Å². The molecule has 0 aliphatic carbocycles. The summed E-state index contributed by atoms with van der Waals surface area (Å²) in [4.78, 5) is 10.8. The molecule has 2 rings (SSSR count). The highest BCUT2D eigenvalue weighted by Gasteiger charge is 2.01. The third-order valence-electron chi connectivity index (χ3n) is 2.68. The molecule has 2 nitrogen and oxygen atoms in total. The average molecular weight is 228 g/mol. The van der Waals surface area contributed by atoms with E-state index in [9.17, 15) is 4.79 Å². The van der Waals surface area contributed by atoms with Crippen LogP contribution in [0.2, 0.25) is 0 Å². The summed E-state index contributed by atoms with van der Waals surface area (Å²) in [6.45, 7) is 2.20. The summed E-state index contributed by atoms with van der Waals surface area (Å²) in [5, 5.41) is 2.30.